The van der Waals surface area contributed by atoms with Gasteiger partial charge in [-0.05, 0) is 125 Å². The summed E-state index contributed by atoms with van der Waals surface area (Å²) in [6.07, 6.45) is 4.64. The van der Waals surface area contributed by atoms with E-state index in [2.05, 4.69) is 113 Å². The molecule has 8 rings (SSSR count). The van der Waals surface area contributed by atoms with Crippen LogP contribution in [0.3, 0.4) is 0 Å². The molecule has 0 saturated heterocycles. The molecule has 0 saturated carbocycles. The molecule has 4 aliphatic rings. The summed E-state index contributed by atoms with van der Waals surface area (Å²) in [5.74, 6) is 3.73. The minimum Gasteiger partial charge on any atom is -0.440 e. The van der Waals surface area contributed by atoms with E-state index in [0.717, 1.165) is 59.3 Å². The van der Waals surface area contributed by atoms with E-state index in [-0.39, 0.29) is 28.4 Å². The van der Waals surface area contributed by atoms with Crippen LogP contribution < -0.4 is 25.9 Å². The molecule has 5 heteroatoms. The first-order chi connectivity index (χ1) is 21.5. The average molecular weight is 611 g/mol. The molecular formula is C41H47BN2O2. The molecule has 0 radical (unpaired) electrons. The highest BCUT2D eigenvalue weighted by Gasteiger charge is 2.47. The summed E-state index contributed by atoms with van der Waals surface area (Å²) >= 11 is 0. The first-order valence-electron chi connectivity index (χ1n) is 17.2. The summed E-state index contributed by atoms with van der Waals surface area (Å²) in [7, 11) is 0. The lowest BCUT2D eigenvalue weighted by Crippen LogP contribution is -2.59. The first kappa shape index (κ1) is 29.8. The molecule has 3 heterocycles. The fraction of sp³-hybridized carbons (Fsp3) is 0.463. The van der Waals surface area contributed by atoms with Crippen LogP contribution >= 0.6 is 0 Å². The van der Waals surface area contributed by atoms with Crippen molar-refractivity contribution < 1.29 is 9.47 Å². The molecule has 3 aromatic carbocycles. The van der Waals surface area contributed by atoms with Gasteiger partial charge in [0.15, 0.2) is 5.82 Å². The van der Waals surface area contributed by atoms with Crippen molar-refractivity contribution in [3.8, 4) is 34.6 Å². The van der Waals surface area contributed by atoms with Gasteiger partial charge in [-0.3, -0.25) is 0 Å². The van der Waals surface area contributed by atoms with Crippen molar-refractivity contribution in [1.29, 1.82) is 0 Å². The standard InChI is InChI=1S/C41H47BN2O2/c1-22-16-23(2)33(24(3)17-22)35-43-36-34-37(44-35)46-32-21-28-26(39(6,7)13-15-41(28,10)11)19-30(32)42(34)29-18-25-27(20-31(29)45-36)40(8,9)14-12-38(25,4)5/h16-21H,12-15H2,1-11H3. The van der Waals surface area contributed by atoms with Crippen molar-refractivity contribution in [3.63, 3.8) is 0 Å². The molecule has 46 heavy (non-hydrogen) atoms. The maximum absolute atomic E-state index is 6.89. The lowest BCUT2D eigenvalue weighted by atomic mass is 9.34. The smallest absolute Gasteiger partial charge is 0.265 e. The van der Waals surface area contributed by atoms with Gasteiger partial charge in [0.25, 0.3) is 6.71 Å². The Bertz CT molecular complexity index is 1870. The second-order valence-electron chi connectivity index (χ2n) is 17.4. The van der Waals surface area contributed by atoms with Crippen molar-refractivity contribution in [1.82, 2.24) is 9.97 Å². The second-order valence-corrected chi connectivity index (χ2v) is 17.4. The maximum Gasteiger partial charge on any atom is 0.265 e. The molecule has 0 bridgehead atoms. The van der Waals surface area contributed by atoms with Crippen LogP contribution in [0.1, 0.15) is 120 Å². The number of fused-ring (bicyclic) bond motifs is 6. The van der Waals surface area contributed by atoms with Crippen molar-refractivity contribution >= 4 is 23.1 Å². The fourth-order valence-electron chi connectivity index (χ4n) is 9.01. The molecule has 0 amide bonds. The zero-order valence-corrected chi connectivity index (χ0v) is 29.6. The highest BCUT2D eigenvalue weighted by atomic mass is 16.5. The first-order valence-corrected chi connectivity index (χ1v) is 17.2. The maximum atomic E-state index is 6.89. The Labute approximate surface area is 275 Å². The number of nitrogens with zero attached hydrogens (tertiary/aromatic N) is 2. The second kappa shape index (κ2) is 9.27. The normalized spacial score (nSPS) is 20.3. The molecule has 0 N–H and O–H groups in total. The summed E-state index contributed by atoms with van der Waals surface area (Å²) in [5, 5.41) is 0. The van der Waals surface area contributed by atoms with Gasteiger partial charge in [-0.25, -0.2) is 0 Å². The van der Waals surface area contributed by atoms with E-state index < -0.39 is 0 Å². The summed E-state index contributed by atoms with van der Waals surface area (Å²) in [5.41, 5.74) is 13.9. The largest absolute Gasteiger partial charge is 0.440 e. The van der Waals surface area contributed by atoms with Gasteiger partial charge in [0.05, 0.1) is 5.46 Å². The topological polar surface area (TPSA) is 44.2 Å². The van der Waals surface area contributed by atoms with E-state index in [1.54, 1.807) is 0 Å². The van der Waals surface area contributed by atoms with Gasteiger partial charge >= 0.3 is 0 Å². The van der Waals surface area contributed by atoms with E-state index in [9.17, 15) is 0 Å². The Morgan fingerprint density at radius 1 is 0.543 bits per heavy atom. The third-order valence-corrected chi connectivity index (χ3v) is 12.1. The third-order valence-electron chi connectivity index (χ3n) is 12.1. The quantitative estimate of drug-likeness (QED) is 0.175. The summed E-state index contributed by atoms with van der Waals surface area (Å²) in [4.78, 5) is 10.4. The lowest BCUT2D eigenvalue weighted by molar-refractivity contribution is 0.329. The minimum atomic E-state index is -0.0657. The fourth-order valence-corrected chi connectivity index (χ4v) is 9.01. The zero-order valence-electron chi connectivity index (χ0n) is 29.6. The molecule has 1 aromatic heterocycles. The number of benzene rings is 3. The Morgan fingerprint density at radius 2 is 0.913 bits per heavy atom. The van der Waals surface area contributed by atoms with E-state index in [1.807, 2.05) is 0 Å². The van der Waals surface area contributed by atoms with Crippen molar-refractivity contribution in [3.05, 3.63) is 75.3 Å². The number of aromatic nitrogens is 2. The van der Waals surface area contributed by atoms with Crippen LogP contribution in [0.15, 0.2) is 36.4 Å². The Balaban J connectivity index is 1.43. The number of aryl methyl sites for hydroxylation is 3. The molecule has 4 aromatic rings. The molecule has 0 spiro atoms. The van der Waals surface area contributed by atoms with Crippen molar-refractivity contribution in [2.24, 2.45) is 0 Å². The molecule has 4 nitrogen and oxygen atoms in total. The molecule has 2 aliphatic heterocycles. The van der Waals surface area contributed by atoms with Crippen molar-refractivity contribution in [2.45, 2.75) is 124 Å². The molecule has 0 atom stereocenters. The summed E-state index contributed by atoms with van der Waals surface area (Å²) < 4.78 is 13.8. The Kier molecular flexibility index (Phi) is 6.00. The van der Waals surface area contributed by atoms with Crippen LogP contribution in [-0.4, -0.2) is 16.7 Å². The predicted molar refractivity (Wildman–Crippen MR) is 190 cm³/mol. The SMILES string of the molecule is Cc1cc(C)c(-c2nc3c4c(n2)Oc2cc5c(cc2B4c2cc4c(cc2O3)C(C)(C)CCC4(C)C)C(C)(C)CCC5(C)C)c(C)c1. The van der Waals surface area contributed by atoms with Crippen LogP contribution in [0.5, 0.6) is 23.3 Å². The van der Waals surface area contributed by atoms with Gasteiger partial charge in [-0.2, -0.15) is 9.97 Å². The Hall–Kier alpha value is -3.60. The lowest BCUT2D eigenvalue weighted by Gasteiger charge is -2.44. The van der Waals surface area contributed by atoms with Gasteiger partial charge < -0.3 is 9.47 Å². The Morgan fingerprint density at radius 3 is 1.30 bits per heavy atom. The van der Waals surface area contributed by atoms with Gasteiger partial charge in [-0.1, -0.05) is 85.2 Å². The number of rotatable bonds is 1. The van der Waals surface area contributed by atoms with Crippen LogP contribution in [0, 0.1) is 20.8 Å². The van der Waals surface area contributed by atoms with E-state index in [4.69, 9.17) is 19.4 Å². The third kappa shape index (κ3) is 4.19. The van der Waals surface area contributed by atoms with Crippen LogP contribution in [-0.2, 0) is 21.7 Å². The molecule has 236 valence electrons. The molecular weight excluding hydrogens is 563 g/mol. The molecule has 2 aliphatic carbocycles. The van der Waals surface area contributed by atoms with Gasteiger partial charge in [-0.15, -0.1) is 0 Å². The van der Waals surface area contributed by atoms with Crippen LogP contribution in [0.4, 0.5) is 0 Å². The number of hydrogen-bond donors (Lipinski definition) is 0. The van der Waals surface area contributed by atoms with Gasteiger partial charge in [0, 0.05) is 5.56 Å². The number of hydrogen-bond acceptors (Lipinski definition) is 4. The highest BCUT2D eigenvalue weighted by Crippen LogP contribution is 2.50. The molecule has 0 fully saturated rings. The van der Waals surface area contributed by atoms with Gasteiger partial charge in [0.2, 0.25) is 11.8 Å². The van der Waals surface area contributed by atoms with E-state index in [1.165, 1.54) is 38.7 Å². The van der Waals surface area contributed by atoms with Crippen LogP contribution in [0.25, 0.3) is 11.4 Å². The summed E-state index contributed by atoms with van der Waals surface area (Å²) in [6.45, 7) is 25.5. The van der Waals surface area contributed by atoms with E-state index >= 15 is 0 Å². The monoisotopic (exact) mass is 610 g/mol. The van der Waals surface area contributed by atoms with Crippen LogP contribution in [0.2, 0.25) is 0 Å². The van der Waals surface area contributed by atoms with E-state index in [0.29, 0.717) is 17.6 Å². The zero-order chi connectivity index (χ0) is 32.7. The molecule has 0 unspecified atom stereocenters. The highest BCUT2D eigenvalue weighted by molar-refractivity contribution is 6.98. The summed E-state index contributed by atoms with van der Waals surface area (Å²) in [6, 6.07) is 14.0. The average Bonchev–Trinajstić information content (AvgIpc) is 2.96. The van der Waals surface area contributed by atoms with Crippen molar-refractivity contribution in [2.75, 3.05) is 0 Å². The predicted octanol–water partition coefficient (Wildman–Crippen LogP) is 8.49. The minimum absolute atomic E-state index is 0.0657. The van der Waals surface area contributed by atoms with Gasteiger partial charge in [0.1, 0.15) is 11.5 Å². The number of ether oxygens (including phenoxy) is 2.